The van der Waals surface area contributed by atoms with Gasteiger partial charge in [-0.15, -0.1) is 6.42 Å². The van der Waals surface area contributed by atoms with Crippen LogP contribution in [0.5, 0.6) is 11.5 Å². The molecule has 7 nitrogen and oxygen atoms in total. The molecule has 0 radical (unpaired) electrons. The number of thioether (sulfide) groups is 1. The largest absolute Gasteiger partial charge is 0.493 e. The Labute approximate surface area is 194 Å². The van der Waals surface area contributed by atoms with Crippen molar-refractivity contribution in [1.82, 2.24) is 4.90 Å². The predicted octanol–water partition coefficient (Wildman–Crippen LogP) is 4.68. The van der Waals surface area contributed by atoms with Gasteiger partial charge in [-0.3, -0.25) is 9.69 Å². The second-order valence-electron chi connectivity index (χ2n) is 6.43. The number of amides is 1. The summed E-state index contributed by atoms with van der Waals surface area (Å²) in [6.45, 7) is 2.32. The van der Waals surface area contributed by atoms with Crippen LogP contribution >= 0.6 is 23.4 Å². The molecule has 1 heterocycles. The van der Waals surface area contributed by atoms with E-state index in [2.05, 4.69) is 10.9 Å². The molecule has 1 aliphatic heterocycles. The second kappa shape index (κ2) is 10.3. The fourth-order valence-electron chi connectivity index (χ4n) is 2.89. The van der Waals surface area contributed by atoms with E-state index in [1.165, 1.54) is 31.0 Å². The second-order valence-corrected chi connectivity index (χ2v) is 7.85. The van der Waals surface area contributed by atoms with E-state index in [1.54, 1.807) is 35.2 Å². The fourth-order valence-corrected chi connectivity index (χ4v) is 4.22. The minimum Gasteiger partial charge on any atom is -0.493 e. The molecule has 2 aromatic rings. The van der Waals surface area contributed by atoms with Crippen molar-refractivity contribution in [3.8, 4) is 23.8 Å². The Balaban J connectivity index is 1.92. The zero-order chi connectivity index (χ0) is 23.3. The van der Waals surface area contributed by atoms with Gasteiger partial charge in [0.1, 0.15) is 6.61 Å². The highest BCUT2D eigenvalue weighted by Gasteiger charge is 2.32. The molecular formula is C23H19ClN2O5S. The average Bonchev–Trinajstić information content (AvgIpc) is 3.06. The smallest absolute Gasteiger partial charge is 0.335 e. The summed E-state index contributed by atoms with van der Waals surface area (Å²) in [5.74, 6) is 1.90. The van der Waals surface area contributed by atoms with Gasteiger partial charge in [-0.1, -0.05) is 17.5 Å². The topological polar surface area (TPSA) is 88.4 Å². The number of carbonyl (C=O) groups excluding carboxylic acids is 1. The van der Waals surface area contributed by atoms with Gasteiger partial charge in [0.2, 0.25) is 0 Å². The molecule has 164 valence electrons. The number of carboxylic acids is 1. The van der Waals surface area contributed by atoms with Gasteiger partial charge in [0.05, 0.1) is 28.3 Å². The van der Waals surface area contributed by atoms with E-state index < -0.39 is 5.97 Å². The molecular weight excluding hydrogens is 452 g/mol. The molecule has 2 aromatic carbocycles. The van der Waals surface area contributed by atoms with Gasteiger partial charge in [-0.25, -0.2) is 9.79 Å². The summed E-state index contributed by atoms with van der Waals surface area (Å²) in [5, 5.41) is 9.84. The number of methoxy groups -OCH3 is 1. The maximum Gasteiger partial charge on any atom is 0.335 e. The van der Waals surface area contributed by atoms with E-state index in [0.29, 0.717) is 44.4 Å². The lowest BCUT2D eigenvalue weighted by Crippen LogP contribution is -2.28. The summed E-state index contributed by atoms with van der Waals surface area (Å²) < 4.78 is 10.8. The van der Waals surface area contributed by atoms with E-state index in [0.717, 1.165) is 0 Å². The van der Waals surface area contributed by atoms with Gasteiger partial charge in [-0.05, 0) is 66.7 Å². The number of nitrogens with zero attached hydrogens (tertiary/aromatic N) is 2. The Morgan fingerprint density at radius 3 is 2.66 bits per heavy atom. The standard InChI is InChI=1S/C23H19ClN2O5S/c1-4-10-31-20-17(24)11-14(12-18(20)30-3)13-19-21(27)26(5-2)23(32-19)25-16-8-6-15(7-9-16)22(28)29/h1,6-9,11-13H,5,10H2,2-3H3,(H,28,29)/b19-13-,25-23?. The van der Waals surface area contributed by atoms with E-state index in [1.807, 2.05) is 6.92 Å². The monoisotopic (exact) mass is 470 g/mol. The molecule has 1 saturated heterocycles. The maximum atomic E-state index is 12.9. The lowest BCUT2D eigenvalue weighted by Gasteiger charge is -2.12. The molecule has 0 bridgehead atoms. The molecule has 1 aliphatic rings. The van der Waals surface area contributed by atoms with E-state index >= 15 is 0 Å². The number of hydrogen-bond acceptors (Lipinski definition) is 6. The number of benzene rings is 2. The number of aliphatic imine (C=N–C) groups is 1. The number of terminal acetylenes is 1. The highest BCUT2D eigenvalue weighted by molar-refractivity contribution is 8.18. The third-order valence-corrected chi connectivity index (χ3v) is 5.68. The van der Waals surface area contributed by atoms with Crippen molar-refractivity contribution in [2.24, 2.45) is 4.99 Å². The molecule has 0 aromatic heterocycles. The number of amidine groups is 1. The number of rotatable bonds is 7. The minimum atomic E-state index is -1.01. The lowest BCUT2D eigenvalue weighted by atomic mass is 10.1. The molecule has 1 amide bonds. The molecule has 0 atom stereocenters. The van der Waals surface area contributed by atoms with E-state index in [-0.39, 0.29) is 18.1 Å². The van der Waals surface area contributed by atoms with Gasteiger partial charge < -0.3 is 14.6 Å². The Bertz CT molecular complexity index is 1150. The number of aromatic carboxylic acids is 1. The van der Waals surface area contributed by atoms with Crippen molar-refractivity contribution in [2.45, 2.75) is 6.92 Å². The van der Waals surface area contributed by atoms with Crippen LogP contribution in [0.2, 0.25) is 5.02 Å². The van der Waals surface area contributed by atoms with Crippen LogP contribution in [-0.4, -0.2) is 47.3 Å². The Morgan fingerprint density at radius 2 is 2.06 bits per heavy atom. The van der Waals surface area contributed by atoms with Crippen LogP contribution in [0.4, 0.5) is 5.69 Å². The first-order valence-electron chi connectivity index (χ1n) is 9.45. The van der Waals surface area contributed by atoms with Gasteiger partial charge in [0, 0.05) is 6.54 Å². The summed E-state index contributed by atoms with van der Waals surface area (Å²) >= 11 is 7.55. The predicted molar refractivity (Wildman–Crippen MR) is 126 cm³/mol. The Kier molecular flexibility index (Phi) is 7.46. The van der Waals surface area contributed by atoms with Gasteiger partial charge in [0.25, 0.3) is 5.91 Å². The van der Waals surface area contributed by atoms with Crippen LogP contribution < -0.4 is 9.47 Å². The first kappa shape index (κ1) is 23.3. The number of carbonyl (C=O) groups is 2. The van der Waals surface area contributed by atoms with Crippen LogP contribution in [0.3, 0.4) is 0 Å². The molecule has 1 fully saturated rings. The van der Waals surface area contributed by atoms with Crippen molar-refractivity contribution >= 4 is 52.2 Å². The summed E-state index contributed by atoms with van der Waals surface area (Å²) in [7, 11) is 1.49. The molecule has 1 N–H and O–H groups in total. The fraction of sp³-hybridized carbons (Fsp3) is 0.174. The minimum absolute atomic E-state index is 0.0452. The van der Waals surface area contributed by atoms with E-state index in [4.69, 9.17) is 32.6 Å². The van der Waals surface area contributed by atoms with Crippen LogP contribution in [0, 0.1) is 12.3 Å². The molecule has 0 aliphatic carbocycles. The number of carboxylic acid groups (broad SMARTS) is 1. The third kappa shape index (κ3) is 5.07. The van der Waals surface area contributed by atoms with Crippen LogP contribution in [0.1, 0.15) is 22.8 Å². The van der Waals surface area contributed by atoms with Gasteiger partial charge in [0.15, 0.2) is 16.7 Å². The van der Waals surface area contributed by atoms with Crippen molar-refractivity contribution in [3.63, 3.8) is 0 Å². The van der Waals surface area contributed by atoms with Crippen molar-refractivity contribution in [2.75, 3.05) is 20.3 Å². The zero-order valence-corrected chi connectivity index (χ0v) is 18.9. The van der Waals surface area contributed by atoms with Crippen molar-refractivity contribution in [1.29, 1.82) is 0 Å². The van der Waals surface area contributed by atoms with Gasteiger partial charge >= 0.3 is 5.97 Å². The van der Waals surface area contributed by atoms with E-state index in [9.17, 15) is 9.59 Å². The summed E-state index contributed by atoms with van der Waals surface area (Å²) in [6.07, 6.45) is 6.94. The van der Waals surface area contributed by atoms with Crippen LogP contribution in [-0.2, 0) is 4.79 Å². The SMILES string of the molecule is C#CCOc1c(Cl)cc(/C=C2\SC(=Nc3ccc(C(=O)O)cc3)N(CC)C2=O)cc1OC. The molecule has 0 spiro atoms. The number of hydrogen-bond donors (Lipinski definition) is 1. The highest BCUT2D eigenvalue weighted by atomic mass is 35.5. The number of halogens is 1. The Hall–Kier alpha value is -3.41. The number of ether oxygens (including phenoxy) is 2. The van der Waals surface area contributed by atoms with Gasteiger partial charge in [-0.2, -0.15) is 0 Å². The maximum absolute atomic E-state index is 12.9. The Morgan fingerprint density at radius 1 is 1.34 bits per heavy atom. The van der Waals surface area contributed by atoms with Crippen LogP contribution in [0.25, 0.3) is 6.08 Å². The third-order valence-electron chi connectivity index (χ3n) is 4.39. The summed E-state index contributed by atoms with van der Waals surface area (Å²) in [4.78, 5) is 30.4. The molecule has 9 heteroatoms. The first-order valence-corrected chi connectivity index (χ1v) is 10.6. The molecule has 0 unspecified atom stereocenters. The van der Waals surface area contributed by atoms with Crippen molar-refractivity contribution in [3.05, 3.63) is 57.5 Å². The quantitative estimate of drug-likeness (QED) is 0.466. The van der Waals surface area contributed by atoms with Crippen molar-refractivity contribution < 1.29 is 24.2 Å². The van der Waals surface area contributed by atoms with Crippen LogP contribution in [0.15, 0.2) is 46.3 Å². The highest BCUT2D eigenvalue weighted by Crippen LogP contribution is 2.39. The zero-order valence-electron chi connectivity index (χ0n) is 17.3. The normalized spacial score (nSPS) is 15.8. The molecule has 32 heavy (non-hydrogen) atoms. The first-order chi connectivity index (χ1) is 15.4. The summed E-state index contributed by atoms with van der Waals surface area (Å²) in [5.41, 5.74) is 1.36. The lowest BCUT2D eigenvalue weighted by molar-refractivity contribution is -0.122. The molecule has 3 rings (SSSR count). The molecule has 0 saturated carbocycles. The number of likely N-dealkylation sites (N-methyl/N-ethyl adjacent to an activating group) is 1. The average molecular weight is 471 g/mol. The summed E-state index contributed by atoms with van der Waals surface area (Å²) in [6, 6.07) is 9.48.